The second-order valence-corrected chi connectivity index (χ2v) is 4.78. The fraction of sp³-hybridized carbons (Fsp3) is 0.400. The van der Waals surface area contributed by atoms with Crippen molar-refractivity contribution in [3.05, 3.63) is 29.8 Å². The molecule has 0 radical (unpaired) electrons. The Kier molecular flexibility index (Phi) is 6.37. The highest BCUT2D eigenvalue weighted by molar-refractivity contribution is 5.97. The number of aromatic hydroxyl groups is 1. The summed E-state index contributed by atoms with van der Waals surface area (Å²) in [5.41, 5.74) is 0.194. The Morgan fingerprint density at radius 2 is 1.91 bits per heavy atom. The van der Waals surface area contributed by atoms with E-state index >= 15 is 0 Å². The molecule has 0 unspecified atom stereocenters. The van der Waals surface area contributed by atoms with E-state index in [1.807, 2.05) is 0 Å². The molecule has 0 aliphatic rings. The van der Waals surface area contributed by atoms with E-state index < -0.39 is 29.8 Å². The maximum Gasteiger partial charge on any atom is 0.328 e. The number of hydrogen-bond donors (Lipinski definition) is 2. The molecule has 2 N–H and O–H groups in total. The number of esters is 2. The predicted octanol–water partition coefficient (Wildman–Crippen LogP) is 0.863. The third-order valence-corrected chi connectivity index (χ3v) is 3.14. The first kappa shape index (κ1) is 17.5. The van der Waals surface area contributed by atoms with Crippen LogP contribution >= 0.6 is 0 Å². The SMILES string of the molecule is COC(=O)C[C@H](C)[C@@H](NC(=O)c1cccc(O)c1)C(=O)OC. The fourth-order valence-electron chi connectivity index (χ4n) is 1.90. The van der Waals surface area contributed by atoms with E-state index in [0.29, 0.717) is 0 Å². The van der Waals surface area contributed by atoms with Crippen LogP contribution in [0.15, 0.2) is 24.3 Å². The van der Waals surface area contributed by atoms with Crippen LogP contribution in [0, 0.1) is 5.92 Å². The summed E-state index contributed by atoms with van der Waals surface area (Å²) < 4.78 is 9.21. The molecular formula is C15H19NO6. The lowest BCUT2D eigenvalue weighted by molar-refractivity contribution is -0.146. The number of benzene rings is 1. The zero-order chi connectivity index (χ0) is 16.7. The van der Waals surface area contributed by atoms with E-state index in [4.69, 9.17) is 0 Å². The van der Waals surface area contributed by atoms with Gasteiger partial charge in [-0.3, -0.25) is 9.59 Å². The van der Waals surface area contributed by atoms with Gasteiger partial charge in [-0.05, 0) is 24.1 Å². The van der Waals surface area contributed by atoms with Gasteiger partial charge in [-0.1, -0.05) is 13.0 Å². The molecule has 1 amide bonds. The molecule has 1 aromatic rings. The molecule has 1 aromatic carbocycles. The Hall–Kier alpha value is -2.57. The topological polar surface area (TPSA) is 102 Å². The monoisotopic (exact) mass is 309 g/mol. The van der Waals surface area contributed by atoms with E-state index in [0.717, 1.165) is 0 Å². The van der Waals surface area contributed by atoms with Crippen LogP contribution in [0.4, 0.5) is 0 Å². The smallest absolute Gasteiger partial charge is 0.328 e. The Balaban J connectivity index is 2.87. The highest BCUT2D eigenvalue weighted by atomic mass is 16.5. The van der Waals surface area contributed by atoms with Crippen molar-refractivity contribution in [3.8, 4) is 5.75 Å². The van der Waals surface area contributed by atoms with Crippen molar-refractivity contribution in [1.82, 2.24) is 5.32 Å². The first-order chi connectivity index (χ1) is 10.4. The molecule has 2 atom stereocenters. The Morgan fingerprint density at radius 1 is 1.23 bits per heavy atom. The van der Waals surface area contributed by atoms with Gasteiger partial charge >= 0.3 is 11.9 Å². The van der Waals surface area contributed by atoms with Crippen molar-refractivity contribution in [2.45, 2.75) is 19.4 Å². The number of nitrogens with one attached hydrogen (secondary N) is 1. The summed E-state index contributed by atoms with van der Waals surface area (Å²) in [5.74, 6) is -2.29. The number of carbonyl (C=O) groups is 3. The molecule has 1 rings (SSSR count). The summed E-state index contributed by atoms with van der Waals surface area (Å²) in [6, 6.07) is 4.70. The zero-order valence-corrected chi connectivity index (χ0v) is 12.7. The highest BCUT2D eigenvalue weighted by Crippen LogP contribution is 2.14. The van der Waals surface area contributed by atoms with Crippen LogP contribution in [0.25, 0.3) is 0 Å². The standard InChI is InChI=1S/C15H19NO6/c1-9(7-12(18)21-2)13(15(20)22-3)16-14(19)10-5-4-6-11(17)8-10/h4-6,8-9,13,17H,7H2,1-3H3,(H,16,19)/t9-,13+/m0/s1. The third kappa shape index (κ3) is 4.76. The average Bonchev–Trinajstić information content (AvgIpc) is 2.51. The quantitative estimate of drug-likeness (QED) is 0.756. The van der Waals surface area contributed by atoms with Crippen LogP contribution in [0.1, 0.15) is 23.7 Å². The molecule has 0 aromatic heterocycles. The maximum atomic E-state index is 12.1. The van der Waals surface area contributed by atoms with Crippen LogP contribution in [0.2, 0.25) is 0 Å². The minimum atomic E-state index is -1.00. The molecule has 0 aliphatic carbocycles. The van der Waals surface area contributed by atoms with Crippen molar-refractivity contribution in [3.63, 3.8) is 0 Å². The first-order valence-electron chi connectivity index (χ1n) is 6.63. The number of methoxy groups -OCH3 is 2. The van der Waals surface area contributed by atoms with E-state index in [2.05, 4.69) is 14.8 Å². The number of phenols is 1. The predicted molar refractivity (Wildman–Crippen MR) is 77.2 cm³/mol. The van der Waals surface area contributed by atoms with E-state index in [-0.39, 0.29) is 17.7 Å². The molecule has 0 spiro atoms. The summed E-state index contributed by atoms with van der Waals surface area (Å²) in [5, 5.41) is 11.9. The summed E-state index contributed by atoms with van der Waals surface area (Å²) >= 11 is 0. The van der Waals surface area contributed by atoms with Gasteiger partial charge in [-0.2, -0.15) is 0 Å². The molecular weight excluding hydrogens is 290 g/mol. The summed E-state index contributed by atoms with van der Waals surface area (Å²) in [6.45, 7) is 1.63. The van der Waals surface area contributed by atoms with E-state index in [1.54, 1.807) is 6.92 Å². The van der Waals surface area contributed by atoms with Crippen LogP contribution in [-0.2, 0) is 19.1 Å². The molecule has 0 saturated heterocycles. The lowest BCUT2D eigenvalue weighted by atomic mass is 9.97. The Labute approximate surface area is 128 Å². The van der Waals surface area contributed by atoms with Gasteiger partial charge in [0.25, 0.3) is 5.91 Å². The van der Waals surface area contributed by atoms with Crippen molar-refractivity contribution in [1.29, 1.82) is 0 Å². The minimum absolute atomic E-state index is 0.0451. The third-order valence-electron chi connectivity index (χ3n) is 3.14. The van der Waals surface area contributed by atoms with Crippen molar-refractivity contribution in [2.24, 2.45) is 5.92 Å². The van der Waals surface area contributed by atoms with Gasteiger partial charge in [0.2, 0.25) is 0 Å². The van der Waals surface area contributed by atoms with Gasteiger partial charge in [0.1, 0.15) is 11.8 Å². The maximum absolute atomic E-state index is 12.1. The second kappa shape index (κ2) is 8.02. The lowest BCUT2D eigenvalue weighted by Gasteiger charge is -2.22. The Bertz CT molecular complexity index is 557. The lowest BCUT2D eigenvalue weighted by Crippen LogP contribution is -2.46. The van der Waals surface area contributed by atoms with E-state index in [9.17, 15) is 19.5 Å². The second-order valence-electron chi connectivity index (χ2n) is 4.78. The van der Waals surface area contributed by atoms with E-state index in [1.165, 1.54) is 38.5 Å². The average molecular weight is 309 g/mol. The number of phenolic OH excluding ortho intramolecular Hbond substituents is 1. The summed E-state index contributed by atoms with van der Waals surface area (Å²) in [7, 11) is 2.44. The Morgan fingerprint density at radius 3 is 2.45 bits per heavy atom. The van der Waals surface area contributed by atoms with Crippen LogP contribution < -0.4 is 5.32 Å². The van der Waals surface area contributed by atoms with Crippen molar-refractivity contribution >= 4 is 17.8 Å². The number of rotatable bonds is 6. The fourth-order valence-corrected chi connectivity index (χ4v) is 1.90. The number of carbonyl (C=O) groups excluding carboxylic acids is 3. The molecule has 7 nitrogen and oxygen atoms in total. The largest absolute Gasteiger partial charge is 0.508 e. The van der Waals surface area contributed by atoms with Gasteiger partial charge in [0.15, 0.2) is 0 Å². The van der Waals surface area contributed by atoms with Gasteiger partial charge in [-0.25, -0.2) is 4.79 Å². The van der Waals surface area contributed by atoms with Crippen LogP contribution in [0.5, 0.6) is 5.75 Å². The molecule has 7 heteroatoms. The zero-order valence-electron chi connectivity index (χ0n) is 12.7. The number of ether oxygens (including phenoxy) is 2. The van der Waals surface area contributed by atoms with Gasteiger partial charge < -0.3 is 19.9 Å². The molecule has 22 heavy (non-hydrogen) atoms. The van der Waals surface area contributed by atoms with Crippen LogP contribution in [0.3, 0.4) is 0 Å². The minimum Gasteiger partial charge on any atom is -0.508 e. The molecule has 0 aliphatic heterocycles. The van der Waals surface area contributed by atoms with Gasteiger partial charge in [0, 0.05) is 5.56 Å². The summed E-state index contributed by atoms with van der Waals surface area (Å²) in [6.07, 6.45) is -0.0451. The summed E-state index contributed by atoms with van der Waals surface area (Å²) in [4.78, 5) is 35.3. The number of hydrogen-bond acceptors (Lipinski definition) is 6. The van der Waals surface area contributed by atoms with Crippen molar-refractivity contribution in [2.75, 3.05) is 14.2 Å². The molecule has 0 heterocycles. The van der Waals surface area contributed by atoms with Gasteiger partial charge in [0.05, 0.1) is 20.6 Å². The molecule has 0 bridgehead atoms. The first-order valence-corrected chi connectivity index (χ1v) is 6.63. The van der Waals surface area contributed by atoms with Crippen LogP contribution in [-0.4, -0.2) is 43.2 Å². The van der Waals surface area contributed by atoms with Crippen molar-refractivity contribution < 1.29 is 29.0 Å². The molecule has 120 valence electrons. The van der Waals surface area contributed by atoms with Gasteiger partial charge in [-0.15, -0.1) is 0 Å². The normalized spacial score (nSPS) is 12.9. The molecule has 0 saturated carbocycles. The highest BCUT2D eigenvalue weighted by Gasteiger charge is 2.30. The number of amides is 1. The molecule has 0 fully saturated rings.